The third kappa shape index (κ3) is 2.35. The Bertz CT molecular complexity index is 642. The molecule has 0 saturated carbocycles. The molecular formula is C15H14ClN3O. The summed E-state index contributed by atoms with van der Waals surface area (Å²) >= 11 is 5.88. The summed E-state index contributed by atoms with van der Waals surface area (Å²) in [7, 11) is 0. The van der Waals surface area contributed by atoms with Crippen molar-refractivity contribution in [2.45, 2.75) is 12.6 Å². The van der Waals surface area contributed by atoms with E-state index in [9.17, 15) is 4.79 Å². The number of nitrogens with zero attached hydrogens (tertiary/aromatic N) is 1. The molecule has 1 atom stereocenters. The number of carbonyl (C=O) groups is 1. The van der Waals surface area contributed by atoms with E-state index in [1.54, 1.807) is 0 Å². The number of nitrogens with two attached hydrogens (primary N) is 1. The van der Waals surface area contributed by atoms with Crippen molar-refractivity contribution in [3.8, 4) is 0 Å². The molecule has 0 aliphatic carbocycles. The normalized spacial score (nSPS) is 17.1. The highest BCUT2D eigenvalue weighted by Crippen LogP contribution is 2.34. The van der Waals surface area contributed by atoms with Gasteiger partial charge in [-0.1, -0.05) is 23.7 Å². The highest BCUT2D eigenvalue weighted by atomic mass is 35.5. The van der Waals surface area contributed by atoms with Gasteiger partial charge in [0.15, 0.2) is 0 Å². The fourth-order valence-electron chi connectivity index (χ4n) is 2.38. The van der Waals surface area contributed by atoms with Gasteiger partial charge in [-0.25, -0.2) is 5.43 Å². The third-order valence-corrected chi connectivity index (χ3v) is 3.61. The summed E-state index contributed by atoms with van der Waals surface area (Å²) < 4.78 is 0. The van der Waals surface area contributed by atoms with Crippen molar-refractivity contribution >= 4 is 29.3 Å². The molecule has 5 heteroatoms. The maximum Gasteiger partial charge on any atom is 0.143 e. The van der Waals surface area contributed by atoms with Crippen molar-refractivity contribution in [2.75, 3.05) is 10.7 Å². The Morgan fingerprint density at radius 1 is 1.25 bits per heavy atom. The Labute approximate surface area is 122 Å². The summed E-state index contributed by atoms with van der Waals surface area (Å²) in [6.07, 6.45) is 0.889. The molecule has 0 spiro atoms. The second kappa shape index (κ2) is 5.15. The smallest absolute Gasteiger partial charge is 0.143 e. The molecule has 0 bridgehead atoms. The van der Waals surface area contributed by atoms with Crippen molar-refractivity contribution in [3.05, 3.63) is 58.6 Å². The van der Waals surface area contributed by atoms with Crippen LogP contribution in [0, 0.1) is 0 Å². The van der Waals surface area contributed by atoms with E-state index in [1.165, 1.54) is 0 Å². The van der Waals surface area contributed by atoms with Gasteiger partial charge in [0.25, 0.3) is 0 Å². The first-order valence-corrected chi connectivity index (χ1v) is 6.68. The molecule has 0 aromatic heterocycles. The van der Waals surface area contributed by atoms with Gasteiger partial charge >= 0.3 is 0 Å². The predicted molar refractivity (Wildman–Crippen MR) is 80.4 cm³/mol. The van der Waals surface area contributed by atoms with Crippen LogP contribution in [-0.2, 0) is 11.3 Å². The molecule has 1 aliphatic heterocycles. The van der Waals surface area contributed by atoms with Crippen LogP contribution in [0.3, 0.4) is 0 Å². The van der Waals surface area contributed by atoms with Crippen LogP contribution in [0.25, 0.3) is 0 Å². The number of halogens is 1. The topological polar surface area (TPSA) is 58.4 Å². The molecule has 1 heterocycles. The Kier molecular flexibility index (Phi) is 3.34. The summed E-state index contributed by atoms with van der Waals surface area (Å²) in [5.74, 6) is 0. The first-order valence-electron chi connectivity index (χ1n) is 6.30. The highest BCUT2D eigenvalue weighted by Gasteiger charge is 2.27. The number of hydrogen-bond acceptors (Lipinski definition) is 4. The summed E-state index contributed by atoms with van der Waals surface area (Å²) in [5, 5.41) is 2.67. The quantitative estimate of drug-likeness (QED) is 0.673. The van der Waals surface area contributed by atoms with Crippen molar-refractivity contribution < 1.29 is 4.79 Å². The van der Waals surface area contributed by atoms with Gasteiger partial charge in [0.1, 0.15) is 12.3 Å². The van der Waals surface area contributed by atoms with E-state index in [2.05, 4.69) is 5.43 Å². The van der Waals surface area contributed by atoms with Crippen LogP contribution in [-0.4, -0.2) is 6.29 Å². The lowest BCUT2D eigenvalue weighted by molar-refractivity contribution is -0.109. The largest absolute Gasteiger partial charge is 0.399 e. The summed E-state index contributed by atoms with van der Waals surface area (Å²) in [6, 6.07) is 12.9. The number of aldehydes is 1. The van der Waals surface area contributed by atoms with Crippen LogP contribution in [0.5, 0.6) is 0 Å². The summed E-state index contributed by atoms with van der Waals surface area (Å²) in [4.78, 5) is 11.2. The van der Waals surface area contributed by atoms with Crippen LogP contribution in [0.4, 0.5) is 11.4 Å². The second-order valence-electron chi connectivity index (χ2n) is 4.77. The Morgan fingerprint density at radius 3 is 2.70 bits per heavy atom. The van der Waals surface area contributed by atoms with Crippen LogP contribution < -0.4 is 16.2 Å². The minimum atomic E-state index is -0.346. The molecule has 0 radical (unpaired) electrons. The Hall–Kier alpha value is -2.04. The zero-order chi connectivity index (χ0) is 14.1. The third-order valence-electron chi connectivity index (χ3n) is 3.36. The van der Waals surface area contributed by atoms with Crippen molar-refractivity contribution in [2.24, 2.45) is 0 Å². The SMILES string of the molecule is Nc1ccc2c(c1)C(C=O)NN2Cc1ccc(Cl)cc1. The van der Waals surface area contributed by atoms with Crippen LogP contribution in [0.15, 0.2) is 42.5 Å². The van der Waals surface area contributed by atoms with Crippen molar-refractivity contribution in [3.63, 3.8) is 0 Å². The number of anilines is 2. The van der Waals surface area contributed by atoms with Gasteiger partial charge in [0.2, 0.25) is 0 Å². The molecule has 0 fully saturated rings. The zero-order valence-electron chi connectivity index (χ0n) is 10.7. The molecule has 20 heavy (non-hydrogen) atoms. The van der Waals surface area contributed by atoms with E-state index in [-0.39, 0.29) is 6.04 Å². The van der Waals surface area contributed by atoms with Crippen molar-refractivity contribution in [1.82, 2.24) is 5.43 Å². The van der Waals surface area contributed by atoms with Gasteiger partial charge in [-0.05, 0) is 35.9 Å². The number of benzene rings is 2. The number of carbonyl (C=O) groups excluding carboxylic acids is 1. The van der Waals surface area contributed by atoms with Crippen molar-refractivity contribution in [1.29, 1.82) is 0 Å². The van der Waals surface area contributed by atoms with E-state index in [0.717, 1.165) is 23.1 Å². The number of rotatable bonds is 3. The lowest BCUT2D eigenvalue weighted by atomic mass is 10.1. The first kappa shape index (κ1) is 13.0. The first-order chi connectivity index (χ1) is 9.67. The molecule has 2 aromatic carbocycles. The Balaban J connectivity index is 1.89. The number of hydrogen-bond donors (Lipinski definition) is 2. The zero-order valence-corrected chi connectivity index (χ0v) is 11.5. The number of fused-ring (bicyclic) bond motifs is 1. The number of nitrogens with one attached hydrogen (secondary N) is 1. The number of nitrogen functional groups attached to an aromatic ring is 1. The average Bonchev–Trinajstić information content (AvgIpc) is 2.78. The number of hydrazine groups is 1. The molecule has 3 N–H and O–H groups in total. The molecule has 0 saturated heterocycles. The summed E-state index contributed by atoms with van der Waals surface area (Å²) in [5.41, 5.74) is 12.6. The maximum absolute atomic E-state index is 11.2. The molecule has 0 amide bonds. The molecule has 1 aliphatic rings. The van der Waals surface area contributed by atoms with E-state index >= 15 is 0 Å². The van der Waals surface area contributed by atoms with E-state index in [0.29, 0.717) is 17.3 Å². The van der Waals surface area contributed by atoms with Crippen LogP contribution >= 0.6 is 11.6 Å². The fourth-order valence-corrected chi connectivity index (χ4v) is 2.51. The van der Waals surface area contributed by atoms with Crippen LogP contribution in [0.1, 0.15) is 17.2 Å². The van der Waals surface area contributed by atoms with Crippen LogP contribution in [0.2, 0.25) is 5.02 Å². The second-order valence-corrected chi connectivity index (χ2v) is 5.21. The molecule has 3 rings (SSSR count). The van der Waals surface area contributed by atoms with E-state index < -0.39 is 0 Å². The summed E-state index contributed by atoms with van der Waals surface area (Å²) in [6.45, 7) is 0.651. The average molecular weight is 288 g/mol. The molecule has 1 unspecified atom stereocenters. The van der Waals surface area contributed by atoms with Gasteiger partial charge in [-0.3, -0.25) is 0 Å². The lowest BCUT2D eigenvalue weighted by Crippen LogP contribution is -2.34. The predicted octanol–water partition coefficient (Wildman–Crippen LogP) is 2.69. The molecular weight excluding hydrogens is 274 g/mol. The molecule has 4 nitrogen and oxygen atoms in total. The van der Waals surface area contributed by atoms with Gasteiger partial charge in [0.05, 0.1) is 12.2 Å². The monoisotopic (exact) mass is 287 g/mol. The van der Waals surface area contributed by atoms with Gasteiger partial charge in [-0.2, -0.15) is 0 Å². The maximum atomic E-state index is 11.2. The Morgan fingerprint density at radius 2 is 2.00 bits per heavy atom. The molecule has 2 aromatic rings. The lowest BCUT2D eigenvalue weighted by Gasteiger charge is -2.20. The van der Waals surface area contributed by atoms with E-state index in [4.69, 9.17) is 17.3 Å². The molecule has 102 valence electrons. The van der Waals surface area contributed by atoms with Gasteiger partial charge < -0.3 is 15.5 Å². The van der Waals surface area contributed by atoms with Gasteiger partial charge in [-0.15, -0.1) is 0 Å². The minimum absolute atomic E-state index is 0.346. The van der Waals surface area contributed by atoms with Gasteiger partial charge in [0, 0.05) is 16.3 Å². The fraction of sp³-hybridized carbons (Fsp3) is 0.133. The standard InChI is InChI=1S/C15H14ClN3O/c16-11-3-1-10(2-4-11)8-19-15-6-5-12(17)7-13(15)14(9-20)18-19/h1-7,9,14,18H,8,17H2. The highest BCUT2D eigenvalue weighted by molar-refractivity contribution is 6.30. The van der Waals surface area contributed by atoms with E-state index in [1.807, 2.05) is 47.5 Å². The minimum Gasteiger partial charge on any atom is -0.399 e.